The molecule has 2 heteroatoms. The van der Waals surface area contributed by atoms with E-state index in [4.69, 9.17) is 9.47 Å². The summed E-state index contributed by atoms with van der Waals surface area (Å²) in [6.07, 6.45) is 0.843. The summed E-state index contributed by atoms with van der Waals surface area (Å²) in [5.74, 6) is 1.79. The molecule has 0 bridgehead atoms. The van der Waals surface area contributed by atoms with Crippen LogP contribution in [0.25, 0.3) is 5.76 Å². The van der Waals surface area contributed by atoms with Crippen LogP contribution in [0.2, 0.25) is 0 Å². The highest BCUT2D eigenvalue weighted by Gasteiger charge is 2.22. The fourth-order valence-corrected chi connectivity index (χ4v) is 1.69. The first kappa shape index (κ1) is 8.17. The molecule has 0 atom stereocenters. The molecular weight excluding hydrogens is 164 g/mol. The minimum Gasteiger partial charge on any atom is -0.497 e. The fraction of sp³-hybridized carbons (Fsp3) is 0.273. The van der Waals surface area contributed by atoms with Gasteiger partial charge in [0.05, 0.1) is 14.2 Å². The molecule has 0 aromatic heterocycles. The van der Waals surface area contributed by atoms with Gasteiger partial charge in [-0.2, -0.15) is 0 Å². The predicted octanol–water partition coefficient (Wildman–Crippen LogP) is 2.20. The van der Waals surface area contributed by atoms with E-state index in [1.165, 1.54) is 5.56 Å². The lowest BCUT2D eigenvalue weighted by Crippen LogP contribution is -1.89. The Bertz CT molecular complexity index is 353. The number of rotatable bonds is 2. The van der Waals surface area contributed by atoms with Crippen LogP contribution in [0.4, 0.5) is 0 Å². The van der Waals surface area contributed by atoms with Crippen LogP contribution < -0.4 is 0 Å². The van der Waals surface area contributed by atoms with Gasteiger partial charge < -0.3 is 9.47 Å². The van der Waals surface area contributed by atoms with Gasteiger partial charge in [-0.25, -0.2) is 0 Å². The minimum absolute atomic E-state index is 0.843. The molecule has 0 N–H and O–H groups in total. The first-order valence-corrected chi connectivity index (χ1v) is 4.26. The molecule has 0 heterocycles. The molecule has 0 spiro atoms. The monoisotopic (exact) mass is 176 g/mol. The molecule has 2 rings (SSSR count). The smallest absolute Gasteiger partial charge is 0.164 e. The summed E-state index contributed by atoms with van der Waals surface area (Å²) in [5.41, 5.74) is 2.43. The molecule has 1 aromatic rings. The minimum atomic E-state index is 0.843. The zero-order valence-electron chi connectivity index (χ0n) is 7.83. The van der Waals surface area contributed by atoms with Crippen molar-refractivity contribution >= 4 is 5.76 Å². The van der Waals surface area contributed by atoms with E-state index in [2.05, 4.69) is 12.1 Å². The van der Waals surface area contributed by atoms with Crippen LogP contribution in [0.3, 0.4) is 0 Å². The van der Waals surface area contributed by atoms with E-state index in [9.17, 15) is 0 Å². The molecule has 0 unspecified atom stereocenters. The van der Waals surface area contributed by atoms with Crippen LogP contribution in [-0.2, 0) is 15.9 Å². The zero-order chi connectivity index (χ0) is 9.26. The summed E-state index contributed by atoms with van der Waals surface area (Å²) in [4.78, 5) is 0. The SMILES string of the molecule is COC1=C(OC)c2ccccc2C1. The number of hydrogen-bond acceptors (Lipinski definition) is 2. The first-order chi connectivity index (χ1) is 6.36. The third-order valence-corrected chi connectivity index (χ3v) is 2.32. The summed E-state index contributed by atoms with van der Waals surface area (Å²) >= 11 is 0. The number of fused-ring (bicyclic) bond motifs is 1. The summed E-state index contributed by atoms with van der Waals surface area (Å²) in [5, 5.41) is 0. The second-order valence-electron chi connectivity index (χ2n) is 2.99. The summed E-state index contributed by atoms with van der Waals surface area (Å²) in [6, 6.07) is 8.20. The number of benzene rings is 1. The zero-order valence-corrected chi connectivity index (χ0v) is 7.83. The van der Waals surface area contributed by atoms with E-state index in [1.54, 1.807) is 14.2 Å². The molecular formula is C11H12O2. The molecule has 1 aromatic carbocycles. The Morgan fingerprint density at radius 1 is 1.08 bits per heavy atom. The van der Waals surface area contributed by atoms with Crippen molar-refractivity contribution in [3.63, 3.8) is 0 Å². The number of methoxy groups -OCH3 is 2. The highest BCUT2D eigenvalue weighted by atomic mass is 16.5. The molecule has 0 saturated carbocycles. The predicted molar refractivity (Wildman–Crippen MR) is 51.1 cm³/mol. The highest BCUT2D eigenvalue weighted by molar-refractivity contribution is 5.70. The molecule has 0 radical (unpaired) electrons. The van der Waals surface area contributed by atoms with Crippen molar-refractivity contribution in [1.82, 2.24) is 0 Å². The lowest BCUT2D eigenvalue weighted by atomic mass is 10.1. The number of hydrogen-bond donors (Lipinski definition) is 0. The first-order valence-electron chi connectivity index (χ1n) is 4.26. The third-order valence-electron chi connectivity index (χ3n) is 2.32. The van der Waals surface area contributed by atoms with E-state index in [0.717, 1.165) is 23.5 Å². The third kappa shape index (κ3) is 1.18. The van der Waals surface area contributed by atoms with Crippen LogP contribution in [0.15, 0.2) is 30.0 Å². The van der Waals surface area contributed by atoms with Crippen LogP contribution in [0, 0.1) is 0 Å². The highest BCUT2D eigenvalue weighted by Crippen LogP contribution is 2.32. The number of ether oxygens (including phenoxy) is 2. The maximum Gasteiger partial charge on any atom is 0.164 e. The Labute approximate surface area is 77.8 Å². The standard InChI is InChI=1S/C11H12O2/c1-12-10-7-8-5-3-4-6-9(8)11(10)13-2/h3-6H,7H2,1-2H3. The van der Waals surface area contributed by atoms with Gasteiger partial charge in [-0.15, -0.1) is 0 Å². The molecule has 68 valence electrons. The van der Waals surface area contributed by atoms with Crippen LogP contribution in [0.1, 0.15) is 11.1 Å². The lowest BCUT2D eigenvalue weighted by molar-refractivity contribution is 0.264. The van der Waals surface area contributed by atoms with Crippen molar-refractivity contribution in [2.75, 3.05) is 14.2 Å². The molecule has 13 heavy (non-hydrogen) atoms. The summed E-state index contributed by atoms with van der Waals surface area (Å²) in [7, 11) is 3.36. The van der Waals surface area contributed by atoms with Crippen molar-refractivity contribution in [1.29, 1.82) is 0 Å². The molecule has 1 aliphatic carbocycles. The molecule has 0 amide bonds. The van der Waals surface area contributed by atoms with E-state index < -0.39 is 0 Å². The molecule has 0 fully saturated rings. The fourth-order valence-electron chi connectivity index (χ4n) is 1.69. The molecule has 0 aliphatic heterocycles. The maximum atomic E-state index is 5.30. The van der Waals surface area contributed by atoms with E-state index in [0.29, 0.717) is 0 Å². The largest absolute Gasteiger partial charge is 0.497 e. The van der Waals surface area contributed by atoms with Crippen molar-refractivity contribution in [2.24, 2.45) is 0 Å². The van der Waals surface area contributed by atoms with Gasteiger partial charge in [0.15, 0.2) is 5.76 Å². The van der Waals surface area contributed by atoms with Crippen molar-refractivity contribution in [3.8, 4) is 0 Å². The Morgan fingerprint density at radius 3 is 2.54 bits per heavy atom. The van der Waals surface area contributed by atoms with Crippen molar-refractivity contribution in [3.05, 3.63) is 41.2 Å². The van der Waals surface area contributed by atoms with E-state index in [-0.39, 0.29) is 0 Å². The normalized spacial score (nSPS) is 14.3. The molecule has 1 aliphatic rings. The Hall–Kier alpha value is -1.44. The molecule has 0 saturated heterocycles. The van der Waals surface area contributed by atoms with Crippen LogP contribution >= 0.6 is 0 Å². The Kier molecular flexibility index (Phi) is 1.97. The average Bonchev–Trinajstić information content (AvgIpc) is 2.55. The maximum absolute atomic E-state index is 5.30. The van der Waals surface area contributed by atoms with Gasteiger partial charge in [-0.1, -0.05) is 24.3 Å². The Morgan fingerprint density at radius 2 is 1.85 bits per heavy atom. The van der Waals surface area contributed by atoms with Gasteiger partial charge in [-0.3, -0.25) is 0 Å². The van der Waals surface area contributed by atoms with Gasteiger partial charge in [0.25, 0.3) is 0 Å². The molecule has 2 nitrogen and oxygen atoms in total. The topological polar surface area (TPSA) is 18.5 Å². The average molecular weight is 176 g/mol. The van der Waals surface area contributed by atoms with Gasteiger partial charge in [0.2, 0.25) is 0 Å². The van der Waals surface area contributed by atoms with Crippen molar-refractivity contribution < 1.29 is 9.47 Å². The Balaban J connectivity index is 2.48. The van der Waals surface area contributed by atoms with E-state index in [1.807, 2.05) is 12.1 Å². The second kappa shape index (κ2) is 3.13. The van der Waals surface area contributed by atoms with Gasteiger partial charge in [0.1, 0.15) is 5.76 Å². The van der Waals surface area contributed by atoms with E-state index >= 15 is 0 Å². The van der Waals surface area contributed by atoms with Crippen LogP contribution in [0.5, 0.6) is 0 Å². The van der Waals surface area contributed by atoms with Gasteiger partial charge in [0, 0.05) is 12.0 Å². The quantitative estimate of drug-likeness (QED) is 0.687. The van der Waals surface area contributed by atoms with Crippen LogP contribution in [-0.4, -0.2) is 14.2 Å². The lowest BCUT2D eigenvalue weighted by Gasteiger charge is -2.04. The number of allylic oxidation sites excluding steroid dienone is 1. The van der Waals surface area contributed by atoms with Gasteiger partial charge in [-0.05, 0) is 5.56 Å². The van der Waals surface area contributed by atoms with Gasteiger partial charge >= 0.3 is 0 Å². The summed E-state index contributed by atoms with van der Waals surface area (Å²) < 4.78 is 10.5. The van der Waals surface area contributed by atoms with Crippen molar-refractivity contribution in [2.45, 2.75) is 6.42 Å². The summed E-state index contributed by atoms with van der Waals surface area (Å²) in [6.45, 7) is 0. The second-order valence-corrected chi connectivity index (χ2v) is 2.99.